The van der Waals surface area contributed by atoms with E-state index in [9.17, 15) is 4.79 Å². The second-order valence-electron chi connectivity index (χ2n) is 5.39. The van der Waals surface area contributed by atoms with Crippen LogP contribution < -0.4 is 15.4 Å². The van der Waals surface area contributed by atoms with E-state index < -0.39 is 5.97 Å². The molecule has 2 N–H and O–H groups in total. The third kappa shape index (κ3) is 5.89. The number of carbonyl (C=O) groups excluding carboxylic acids is 1. The van der Waals surface area contributed by atoms with Gasteiger partial charge < -0.3 is 20.1 Å². The second-order valence-corrected chi connectivity index (χ2v) is 6.21. The number of anilines is 1. The van der Waals surface area contributed by atoms with Crippen molar-refractivity contribution in [3.63, 3.8) is 0 Å². The SMILES string of the molecule is CCOC(=O)c1cc(NC(=S)NCCc2ccc(OC)cc2)ccc1Cl. The fourth-order valence-electron chi connectivity index (χ4n) is 2.26. The fraction of sp³-hybridized carbons (Fsp3) is 0.263. The lowest BCUT2D eigenvalue weighted by Gasteiger charge is -2.12. The molecule has 5 nitrogen and oxygen atoms in total. The molecule has 0 saturated heterocycles. The molecule has 7 heteroatoms. The maximum atomic E-state index is 11.9. The first-order valence-corrected chi connectivity index (χ1v) is 8.96. The highest BCUT2D eigenvalue weighted by atomic mass is 35.5. The van der Waals surface area contributed by atoms with Crippen LogP contribution in [0.5, 0.6) is 5.75 Å². The molecule has 0 saturated carbocycles. The number of ether oxygens (including phenoxy) is 2. The van der Waals surface area contributed by atoms with Crippen molar-refractivity contribution in [2.75, 3.05) is 25.6 Å². The molecule has 0 heterocycles. The van der Waals surface area contributed by atoms with Crippen molar-refractivity contribution < 1.29 is 14.3 Å². The van der Waals surface area contributed by atoms with Crippen molar-refractivity contribution in [2.24, 2.45) is 0 Å². The van der Waals surface area contributed by atoms with Gasteiger partial charge in [-0.25, -0.2) is 4.79 Å². The quantitative estimate of drug-likeness (QED) is 0.547. The topological polar surface area (TPSA) is 59.6 Å². The highest BCUT2D eigenvalue weighted by Gasteiger charge is 2.12. The van der Waals surface area contributed by atoms with Gasteiger partial charge in [0.15, 0.2) is 5.11 Å². The summed E-state index contributed by atoms with van der Waals surface area (Å²) in [5.74, 6) is 0.374. The molecule has 0 aliphatic carbocycles. The van der Waals surface area contributed by atoms with Gasteiger partial charge >= 0.3 is 5.97 Å². The van der Waals surface area contributed by atoms with E-state index in [2.05, 4.69) is 10.6 Å². The van der Waals surface area contributed by atoms with Crippen LogP contribution in [0.25, 0.3) is 0 Å². The van der Waals surface area contributed by atoms with Gasteiger partial charge in [-0.3, -0.25) is 0 Å². The van der Waals surface area contributed by atoms with Crippen molar-refractivity contribution in [1.29, 1.82) is 0 Å². The maximum absolute atomic E-state index is 11.9. The molecule has 2 aromatic carbocycles. The van der Waals surface area contributed by atoms with Crippen LogP contribution in [0.2, 0.25) is 5.02 Å². The van der Waals surface area contributed by atoms with Crippen molar-refractivity contribution in [3.8, 4) is 5.75 Å². The molecule has 0 amide bonds. The zero-order valence-electron chi connectivity index (χ0n) is 14.7. The lowest BCUT2D eigenvalue weighted by molar-refractivity contribution is 0.0526. The summed E-state index contributed by atoms with van der Waals surface area (Å²) in [6.07, 6.45) is 0.820. The molecule has 0 radical (unpaired) electrons. The first-order valence-electron chi connectivity index (χ1n) is 8.18. The number of esters is 1. The molecular weight excluding hydrogens is 372 g/mol. The predicted octanol–water partition coefficient (Wildman–Crippen LogP) is 4.05. The minimum absolute atomic E-state index is 0.290. The average Bonchev–Trinajstić information content (AvgIpc) is 2.64. The molecule has 0 fully saturated rings. The maximum Gasteiger partial charge on any atom is 0.339 e. The van der Waals surface area contributed by atoms with Gasteiger partial charge in [-0.2, -0.15) is 0 Å². The molecular formula is C19H21ClN2O3S. The van der Waals surface area contributed by atoms with Gasteiger partial charge in [-0.1, -0.05) is 23.7 Å². The summed E-state index contributed by atoms with van der Waals surface area (Å²) in [6.45, 7) is 2.71. The minimum atomic E-state index is -0.459. The molecule has 0 spiro atoms. The zero-order valence-corrected chi connectivity index (χ0v) is 16.2. The summed E-state index contributed by atoms with van der Waals surface area (Å²) in [4.78, 5) is 11.9. The van der Waals surface area contributed by atoms with Crippen molar-refractivity contribution in [3.05, 3.63) is 58.6 Å². The van der Waals surface area contributed by atoms with Gasteiger partial charge in [0.05, 0.1) is 24.3 Å². The van der Waals surface area contributed by atoms with Crippen molar-refractivity contribution in [1.82, 2.24) is 5.32 Å². The van der Waals surface area contributed by atoms with Crippen LogP contribution in [-0.2, 0) is 11.2 Å². The largest absolute Gasteiger partial charge is 0.497 e. The lowest BCUT2D eigenvalue weighted by Crippen LogP contribution is -2.30. The van der Waals surface area contributed by atoms with Gasteiger partial charge in [0.25, 0.3) is 0 Å². The summed E-state index contributed by atoms with van der Waals surface area (Å²) >= 11 is 11.3. The Morgan fingerprint density at radius 3 is 2.58 bits per heavy atom. The Kier molecular flexibility index (Phi) is 7.69. The van der Waals surface area contributed by atoms with Crippen LogP contribution in [0.3, 0.4) is 0 Å². The standard InChI is InChI=1S/C19H21ClN2O3S/c1-3-25-18(23)16-12-14(6-9-17(16)20)22-19(26)21-11-10-13-4-7-15(24-2)8-5-13/h4-9,12H,3,10-11H2,1-2H3,(H2,21,22,26). The third-order valence-electron chi connectivity index (χ3n) is 3.58. The van der Waals surface area contributed by atoms with E-state index in [1.165, 1.54) is 5.56 Å². The Bertz CT molecular complexity index is 766. The number of methoxy groups -OCH3 is 1. The van der Waals surface area contributed by atoms with Gasteiger partial charge in [0, 0.05) is 12.2 Å². The first kappa shape index (κ1) is 20.0. The molecule has 2 rings (SSSR count). The van der Waals surface area contributed by atoms with E-state index in [1.54, 1.807) is 32.2 Å². The van der Waals surface area contributed by atoms with Crippen molar-refractivity contribution >= 4 is 40.6 Å². The summed E-state index contributed by atoms with van der Waals surface area (Å²) in [5, 5.41) is 6.99. The molecule has 0 atom stereocenters. The molecule has 0 aliphatic heterocycles. The summed E-state index contributed by atoms with van der Waals surface area (Å²) < 4.78 is 10.1. The number of thiocarbonyl (C=S) groups is 1. The Balaban J connectivity index is 1.87. The number of hydrogen-bond acceptors (Lipinski definition) is 4. The van der Waals surface area contributed by atoms with Gasteiger partial charge in [0.2, 0.25) is 0 Å². The zero-order chi connectivity index (χ0) is 18.9. The third-order valence-corrected chi connectivity index (χ3v) is 4.15. The van der Waals surface area contributed by atoms with Crippen molar-refractivity contribution in [2.45, 2.75) is 13.3 Å². The smallest absolute Gasteiger partial charge is 0.339 e. The fourth-order valence-corrected chi connectivity index (χ4v) is 2.67. The van der Waals surface area contributed by atoms with Gasteiger partial charge in [0.1, 0.15) is 5.75 Å². The summed E-state index contributed by atoms with van der Waals surface area (Å²) in [7, 11) is 1.64. The van der Waals surface area contributed by atoms with Crippen LogP contribution in [0.4, 0.5) is 5.69 Å². The van der Waals surface area contributed by atoms with E-state index in [0.29, 0.717) is 27.9 Å². The van der Waals surface area contributed by atoms with Gasteiger partial charge in [-0.05, 0) is 61.5 Å². The highest BCUT2D eigenvalue weighted by molar-refractivity contribution is 7.80. The minimum Gasteiger partial charge on any atom is -0.497 e. The summed E-state index contributed by atoms with van der Waals surface area (Å²) in [6, 6.07) is 12.9. The van der Waals surface area contributed by atoms with Crippen LogP contribution in [0.15, 0.2) is 42.5 Å². The normalized spacial score (nSPS) is 10.1. The number of carbonyl (C=O) groups is 1. The van der Waals surface area contributed by atoms with Crippen LogP contribution >= 0.6 is 23.8 Å². The van der Waals surface area contributed by atoms with E-state index in [0.717, 1.165) is 12.2 Å². The molecule has 0 bridgehead atoms. The number of rotatable bonds is 7. The Morgan fingerprint density at radius 1 is 1.19 bits per heavy atom. The van der Waals surface area contributed by atoms with E-state index in [-0.39, 0.29) is 6.61 Å². The number of halogens is 1. The second kappa shape index (κ2) is 9.99. The van der Waals surface area contributed by atoms with Crippen LogP contribution in [-0.4, -0.2) is 31.3 Å². The van der Waals surface area contributed by atoms with E-state index >= 15 is 0 Å². The highest BCUT2D eigenvalue weighted by Crippen LogP contribution is 2.21. The average molecular weight is 393 g/mol. The van der Waals surface area contributed by atoms with Crippen LogP contribution in [0.1, 0.15) is 22.8 Å². The van der Waals surface area contributed by atoms with E-state index in [1.807, 2.05) is 24.3 Å². The lowest BCUT2D eigenvalue weighted by atomic mass is 10.1. The monoisotopic (exact) mass is 392 g/mol. The molecule has 0 aromatic heterocycles. The summed E-state index contributed by atoms with van der Waals surface area (Å²) in [5.41, 5.74) is 2.15. The molecule has 138 valence electrons. The Hall–Kier alpha value is -2.31. The van der Waals surface area contributed by atoms with Gasteiger partial charge in [-0.15, -0.1) is 0 Å². The Morgan fingerprint density at radius 2 is 1.92 bits per heavy atom. The molecule has 0 aliphatic rings. The first-order chi connectivity index (χ1) is 12.5. The Labute approximate surface area is 163 Å². The van der Waals surface area contributed by atoms with E-state index in [4.69, 9.17) is 33.3 Å². The molecule has 26 heavy (non-hydrogen) atoms. The van der Waals surface area contributed by atoms with Crippen LogP contribution in [0, 0.1) is 0 Å². The number of benzene rings is 2. The molecule has 2 aromatic rings. The predicted molar refractivity (Wildman–Crippen MR) is 108 cm³/mol. The molecule has 0 unspecified atom stereocenters. The number of hydrogen-bond donors (Lipinski definition) is 2. The number of nitrogens with one attached hydrogen (secondary N) is 2.